The Morgan fingerprint density at radius 3 is 2.62 bits per heavy atom. The second-order valence-corrected chi connectivity index (χ2v) is 7.76. The summed E-state index contributed by atoms with van der Waals surface area (Å²) in [5, 5.41) is 9.80. The summed E-state index contributed by atoms with van der Waals surface area (Å²) in [4.78, 5) is 12.3. The smallest absolute Gasteiger partial charge is 0.336 e. The van der Waals surface area contributed by atoms with E-state index >= 15 is 0 Å². The third-order valence-corrected chi connectivity index (χ3v) is 5.43. The van der Waals surface area contributed by atoms with Gasteiger partial charge in [-0.05, 0) is 37.6 Å². The Morgan fingerprint density at radius 2 is 1.88 bits per heavy atom. The number of carbonyl (C=O) groups is 1. The van der Waals surface area contributed by atoms with Crippen LogP contribution in [0.2, 0.25) is 0 Å². The number of carbonyl (C=O) groups excluding carboxylic acids is 1. The van der Waals surface area contributed by atoms with Crippen molar-refractivity contribution in [2.75, 3.05) is 6.61 Å². The van der Waals surface area contributed by atoms with Gasteiger partial charge in [-0.15, -0.1) is 0 Å². The molecule has 3 aromatic carbocycles. The van der Waals surface area contributed by atoms with Crippen LogP contribution in [0.1, 0.15) is 35.1 Å². The summed E-state index contributed by atoms with van der Waals surface area (Å²) in [6.07, 6.45) is 3.06. The SMILES string of the molecule is CCOc1ccccc1C1C(C#N)=C(N)Oc2cc(OC(=O)/C=C/c3ccc(C)cc3)ccc21. The molecule has 1 aliphatic rings. The van der Waals surface area contributed by atoms with Crippen LogP contribution in [0.25, 0.3) is 6.08 Å². The summed E-state index contributed by atoms with van der Waals surface area (Å²) >= 11 is 0. The zero-order chi connectivity index (χ0) is 24.1. The van der Waals surface area contributed by atoms with E-state index in [9.17, 15) is 10.1 Å². The van der Waals surface area contributed by atoms with E-state index < -0.39 is 11.9 Å². The van der Waals surface area contributed by atoms with Crippen LogP contribution in [0.5, 0.6) is 17.2 Å². The van der Waals surface area contributed by atoms with Crippen molar-refractivity contribution in [1.29, 1.82) is 5.26 Å². The number of rotatable bonds is 6. The number of nitriles is 1. The van der Waals surface area contributed by atoms with Gasteiger partial charge in [0.15, 0.2) is 0 Å². The maximum Gasteiger partial charge on any atom is 0.336 e. The summed E-state index contributed by atoms with van der Waals surface area (Å²) < 4.78 is 17.0. The molecule has 0 fully saturated rings. The van der Waals surface area contributed by atoms with E-state index in [0.29, 0.717) is 29.4 Å². The first-order valence-electron chi connectivity index (χ1n) is 10.9. The highest BCUT2D eigenvalue weighted by Crippen LogP contribution is 2.45. The monoisotopic (exact) mass is 452 g/mol. The molecule has 0 amide bonds. The molecule has 0 aromatic heterocycles. The van der Waals surface area contributed by atoms with Crippen LogP contribution in [0.4, 0.5) is 0 Å². The molecule has 34 heavy (non-hydrogen) atoms. The third-order valence-electron chi connectivity index (χ3n) is 5.43. The molecule has 0 bridgehead atoms. The second kappa shape index (κ2) is 9.97. The van der Waals surface area contributed by atoms with Crippen LogP contribution in [0, 0.1) is 18.3 Å². The van der Waals surface area contributed by atoms with Crippen molar-refractivity contribution in [2.24, 2.45) is 5.73 Å². The zero-order valence-electron chi connectivity index (χ0n) is 18.9. The fourth-order valence-electron chi connectivity index (χ4n) is 3.82. The molecule has 0 spiro atoms. The number of hydrogen-bond donors (Lipinski definition) is 1. The van der Waals surface area contributed by atoms with Crippen molar-refractivity contribution in [1.82, 2.24) is 0 Å². The molecule has 0 saturated carbocycles. The van der Waals surface area contributed by atoms with Gasteiger partial charge in [0, 0.05) is 23.3 Å². The van der Waals surface area contributed by atoms with Crippen molar-refractivity contribution in [3.8, 4) is 23.3 Å². The second-order valence-electron chi connectivity index (χ2n) is 7.76. The quantitative estimate of drug-likeness (QED) is 0.313. The van der Waals surface area contributed by atoms with Gasteiger partial charge in [0.1, 0.15) is 28.9 Å². The highest BCUT2D eigenvalue weighted by Gasteiger charge is 2.32. The predicted molar refractivity (Wildman–Crippen MR) is 129 cm³/mol. The minimum absolute atomic E-state index is 0.00837. The van der Waals surface area contributed by atoms with Crippen molar-refractivity contribution in [3.05, 3.63) is 107 Å². The van der Waals surface area contributed by atoms with E-state index in [1.807, 2.05) is 62.4 Å². The van der Waals surface area contributed by atoms with Gasteiger partial charge < -0.3 is 19.9 Å². The molecule has 170 valence electrons. The Morgan fingerprint density at radius 1 is 1.12 bits per heavy atom. The molecule has 0 radical (unpaired) electrons. The molecule has 6 nitrogen and oxygen atoms in total. The van der Waals surface area contributed by atoms with Gasteiger partial charge in [0.05, 0.1) is 12.5 Å². The summed E-state index contributed by atoms with van der Waals surface area (Å²) in [6, 6.07) is 22.5. The first-order chi connectivity index (χ1) is 16.5. The van der Waals surface area contributed by atoms with Gasteiger partial charge >= 0.3 is 5.97 Å². The Labute approximate surface area is 198 Å². The average Bonchev–Trinajstić information content (AvgIpc) is 2.83. The van der Waals surface area contributed by atoms with Crippen LogP contribution < -0.4 is 19.9 Å². The first kappa shape index (κ1) is 22.7. The van der Waals surface area contributed by atoms with Gasteiger partial charge in [-0.1, -0.05) is 54.1 Å². The van der Waals surface area contributed by atoms with E-state index in [4.69, 9.17) is 19.9 Å². The normalized spacial score (nSPS) is 14.8. The largest absolute Gasteiger partial charge is 0.494 e. The van der Waals surface area contributed by atoms with E-state index in [0.717, 1.165) is 22.3 Å². The van der Waals surface area contributed by atoms with Gasteiger partial charge in [-0.2, -0.15) is 5.26 Å². The molecule has 1 aliphatic heterocycles. The first-order valence-corrected chi connectivity index (χ1v) is 10.9. The molecule has 1 atom stereocenters. The summed E-state index contributed by atoms with van der Waals surface area (Å²) in [6.45, 7) is 4.39. The lowest BCUT2D eigenvalue weighted by Crippen LogP contribution is -2.21. The molecule has 2 N–H and O–H groups in total. The maximum atomic E-state index is 12.3. The van der Waals surface area contributed by atoms with Crippen molar-refractivity contribution < 1.29 is 19.0 Å². The predicted octanol–water partition coefficient (Wildman–Crippen LogP) is 5.23. The van der Waals surface area contributed by atoms with Crippen molar-refractivity contribution in [3.63, 3.8) is 0 Å². The number of aryl methyl sites for hydroxylation is 1. The van der Waals surface area contributed by atoms with Gasteiger partial charge in [0.25, 0.3) is 0 Å². The van der Waals surface area contributed by atoms with Crippen molar-refractivity contribution >= 4 is 12.0 Å². The Bertz CT molecular complexity index is 1320. The van der Waals surface area contributed by atoms with Crippen LogP contribution in [-0.4, -0.2) is 12.6 Å². The number of nitrogens with zero attached hydrogens (tertiary/aromatic N) is 1. The molecular formula is C28H24N2O4. The van der Waals surface area contributed by atoms with E-state index in [-0.39, 0.29) is 5.88 Å². The van der Waals surface area contributed by atoms with Gasteiger partial charge in [-0.3, -0.25) is 0 Å². The zero-order valence-corrected chi connectivity index (χ0v) is 18.9. The van der Waals surface area contributed by atoms with Gasteiger partial charge in [0.2, 0.25) is 5.88 Å². The lowest BCUT2D eigenvalue weighted by Gasteiger charge is -2.27. The lowest BCUT2D eigenvalue weighted by molar-refractivity contribution is -0.128. The fourth-order valence-corrected chi connectivity index (χ4v) is 3.82. The number of ether oxygens (including phenoxy) is 3. The third kappa shape index (κ3) is 4.79. The van der Waals surface area contributed by atoms with Crippen LogP contribution in [-0.2, 0) is 4.79 Å². The number of para-hydroxylation sites is 1. The minimum atomic E-state index is -0.518. The number of allylic oxidation sites excluding steroid dienone is 1. The van der Waals surface area contributed by atoms with Crippen molar-refractivity contribution in [2.45, 2.75) is 19.8 Å². The number of benzene rings is 3. The average molecular weight is 453 g/mol. The molecule has 4 rings (SSSR count). The summed E-state index contributed by atoms with van der Waals surface area (Å²) in [5.74, 6) is 0.413. The molecule has 1 unspecified atom stereocenters. The Kier molecular flexibility index (Phi) is 6.65. The summed E-state index contributed by atoms with van der Waals surface area (Å²) in [7, 11) is 0. The molecule has 0 aliphatic carbocycles. The fraction of sp³-hybridized carbons (Fsp3) is 0.143. The van der Waals surface area contributed by atoms with E-state index in [1.165, 1.54) is 6.08 Å². The van der Waals surface area contributed by atoms with Crippen LogP contribution >= 0.6 is 0 Å². The standard InChI is InChI=1S/C28H24N2O4/c1-3-32-24-7-5-4-6-21(24)27-22-14-13-20(16-25(22)34-28(30)23(27)17-29)33-26(31)15-12-19-10-8-18(2)9-11-19/h4-16,27H,3,30H2,1-2H3/b15-12+. The minimum Gasteiger partial charge on any atom is -0.494 e. The lowest BCUT2D eigenvalue weighted by atomic mass is 9.83. The molecule has 6 heteroatoms. The van der Waals surface area contributed by atoms with E-state index in [2.05, 4.69) is 6.07 Å². The van der Waals surface area contributed by atoms with Gasteiger partial charge in [-0.25, -0.2) is 4.79 Å². The number of nitrogens with two attached hydrogens (primary N) is 1. The van der Waals surface area contributed by atoms with Crippen LogP contribution in [0.3, 0.4) is 0 Å². The highest BCUT2D eigenvalue weighted by molar-refractivity contribution is 5.88. The van der Waals surface area contributed by atoms with Crippen LogP contribution in [0.15, 0.2) is 84.3 Å². The maximum absolute atomic E-state index is 12.3. The van der Waals surface area contributed by atoms with E-state index in [1.54, 1.807) is 24.3 Å². The molecular weight excluding hydrogens is 428 g/mol. The topological polar surface area (TPSA) is 94.6 Å². The molecule has 3 aromatic rings. The Hall–Kier alpha value is -4.50. The number of esters is 1. The number of fused-ring (bicyclic) bond motifs is 1. The Balaban J connectivity index is 1.62. The number of hydrogen-bond acceptors (Lipinski definition) is 6. The summed E-state index contributed by atoms with van der Waals surface area (Å²) in [5.41, 5.74) is 9.98. The molecule has 1 heterocycles. The molecule has 0 saturated heterocycles. The highest BCUT2D eigenvalue weighted by atomic mass is 16.5.